The Hall–Kier alpha value is -0.680. The molecule has 4 aliphatic carbocycles. The van der Waals surface area contributed by atoms with Crippen LogP contribution >= 0.6 is 0 Å². The van der Waals surface area contributed by atoms with E-state index in [1.807, 2.05) is 0 Å². The highest BCUT2D eigenvalue weighted by Gasteiger charge is 2.66. The zero-order valence-electron chi connectivity index (χ0n) is 20.7. The minimum atomic E-state index is -1.22. The van der Waals surface area contributed by atoms with Crippen LogP contribution < -0.4 is 0 Å². The van der Waals surface area contributed by atoms with E-state index in [-0.39, 0.29) is 34.6 Å². The summed E-state index contributed by atoms with van der Waals surface area (Å²) in [7, 11) is 1.45. The summed E-state index contributed by atoms with van der Waals surface area (Å²) in [5.41, 5.74) is 0.0294. The zero-order valence-corrected chi connectivity index (χ0v) is 20.7. The molecule has 0 aromatic carbocycles. The molecule has 0 aromatic rings. The van der Waals surface area contributed by atoms with Gasteiger partial charge < -0.3 is 14.9 Å². The largest absolute Gasteiger partial charge is 0.469 e. The second-order valence-electron chi connectivity index (χ2n) is 12.3. The van der Waals surface area contributed by atoms with E-state index in [2.05, 4.69) is 27.7 Å². The predicted octanol–water partition coefficient (Wildman–Crippen LogP) is 5.15. The summed E-state index contributed by atoms with van der Waals surface area (Å²) in [6.45, 7) is 9.07. The van der Waals surface area contributed by atoms with Gasteiger partial charge in [0, 0.05) is 12.3 Å². The number of aliphatic hydroxyl groups excluding tert-OH is 2. The molecule has 32 heavy (non-hydrogen) atoms. The van der Waals surface area contributed by atoms with Crippen LogP contribution in [-0.4, -0.2) is 41.7 Å². The van der Waals surface area contributed by atoms with Crippen molar-refractivity contribution in [2.45, 2.75) is 104 Å². The van der Waals surface area contributed by atoms with E-state index in [0.29, 0.717) is 36.5 Å². The number of carbonyl (C=O) groups excluding carboxylic acids is 1. The molecule has 0 radical (unpaired) electrons. The third-order valence-electron chi connectivity index (χ3n) is 11.2. The maximum atomic E-state index is 15.4. The molecule has 2 N–H and O–H groups in total. The van der Waals surface area contributed by atoms with Crippen LogP contribution in [0.3, 0.4) is 0 Å². The van der Waals surface area contributed by atoms with Gasteiger partial charge in [0.05, 0.1) is 19.3 Å². The van der Waals surface area contributed by atoms with E-state index in [1.54, 1.807) is 0 Å². The van der Waals surface area contributed by atoms with E-state index in [1.165, 1.54) is 7.11 Å². The number of aliphatic hydroxyl groups is 2. The predicted molar refractivity (Wildman–Crippen MR) is 122 cm³/mol. The molecule has 0 aromatic heterocycles. The molecule has 0 bridgehead atoms. The molecular formula is C27H45FO4. The third kappa shape index (κ3) is 3.56. The van der Waals surface area contributed by atoms with Crippen molar-refractivity contribution < 1.29 is 24.1 Å². The van der Waals surface area contributed by atoms with Gasteiger partial charge in [0.15, 0.2) is 0 Å². The number of alkyl halides is 1. The van der Waals surface area contributed by atoms with Gasteiger partial charge in [-0.3, -0.25) is 4.79 Å². The molecule has 4 saturated carbocycles. The Morgan fingerprint density at radius 1 is 1.09 bits per heavy atom. The van der Waals surface area contributed by atoms with Crippen molar-refractivity contribution in [3.63, 3.8) is 0 Å². The first-order chi connectivity index (χ1) is 15.1. The van der Waals surface area contributed by atoms with Gasteiger partial charge >= 0.3 is 5.97 Å². The molecule has 4 aliphatic rings. The van der Waals surface area contributed by atoms with Crippen molar-refractivity contribution >= 4 is 5.97 Å². The monoisotopic (exact) mass is 452 g/mol. The summed E-state index contributed by atoms with van der Waals surface area (Å²) in [5.74, 6) is 1.56. The Balaban J connectivity index is 1.61. The second kappa shape index (κ2) is 8.83. The fraction of sp³-hybridized carbons (Fsp3) is 0.963. The molecule has 12 atom stereocenters. The van der Waals surface area contributed by atoms with Gasteiger partial charge in [-0.1, -0.05) is 34.1 Å². The van der Waals surface area contributed by atoms with Crippen molar-refractivity contribution in [1.29, 1.82) is 0 Å². The number of hydrogen-bond donors (Lipinski definition) is 2. The second-order valence-corrected chi connectivity index (χ2v) is 12.3. The summed E-state index contributed by atoms with van der Waals surface area (Å²) >= 11 is 0. The highest BCUT2D eigenvalue weighted by atomic mass is 19.1. The first-order valence-electron chi connectivity index (χ1n) is 13.2. The Morgan fingerprint density at radius 3 is 2.41 bits per heavy atom. The molecule has 5 heteroatoms. The molecule has 4 nitrogen and oxygen atoms in total. The van der Waals surface area contributed by atoms with Crippen molar-refractivity contribution in [2.24, 2.45) is 52.3 Å². The summed E-state index contributed by atoms with van der Waals surface area (Å²) < 4.78 is 20.3. The summed E-state index contributed by atoms with van der Waals surface area (Å²) in [5, 5.41) is 22.0. The Morgan fingerprint density at radius 2 is 1.75 bits per heavy atom. The van der Waals surface area contributed by atoms with Gasteiger partial charge in [0.1, 0.15) is 6.17 Å². The summed E-state index contributed by atoms with van der Waals surface area (Å²) in [6, 6.07) is 0. The van der Waals surface area contributed by atoms with E-state index in [9.17, 15) is 15.0 Å². The maximum absolute atomic E-state index is 15.4. The first-order valence-corrected chi connectivity index (χ1v) is 13.2. The molecule has 0 heterocycles. The van der Waals surface area contributed by atoms with Crippen LogP contribution in [0.1, 0.15) is 85.5 Å². The molecule has 0 aliphatic heterocycles. The van der Waals surface area contributed by atoms with Crippen LogP contribution in [0.5, 0.6) is 0 Å². The van der Waals surface area contributed by atoms with E-state index in [4.69, 9.17) is 4.74 Å². The molecular weight excluding hydrogens is 407 g/mol. The maximum Gasteiger partial charge on any atom is 0.305 e. The average molecular weight is 453 g/mol. The number of fused-ring (bicyclic) bond motifs is 5. The Kier molecular flexibility index (Phi) is 6.75. The van der Waals surface area contributed by atoms with Crippen molar-refractivity contribution in [3.8, 4) is 0 Å². The van der Waals surface area contributed by atoms with Crippen LogP contribution in [0, 0.1) is 52.3 Å². The molecule has 5 unspecified atom stereocenters. The number of hydrogen-bond acceptors (Lipinski definition) is 4. The Bertz CT molecular complexity index is 699. The quantitative estimate of drug-likeness (QED) is 0.566. The average Bonchev–Trinajstić information content (AvgIpc) is 3.13. The topological polar surface area (TPSA) is 66.8 Å². The SMILES string of the molecule is CC[C@@H]1[C@@H]2[C@@H](F)C(O)CC[C@]2(C)C2CC[C@@]3(C)C(CCC3[C@H](C)CCC(=O)OC)C2[C@@H]1O. The van der Waals surface area contributed by atoms with Crippen LogP contribution in [0.2, 0.25) is 0 Å². The smallest absolute Gasteiger partial charge is 0.305 e. The number of halogens is 1. The van der Waals surface area contributed by atoms with E-state index < -0.39 is 18.4 Å². The lowest BCUT2D eigenvalue weighted by Gasteiger charge is -2.65. The van der Waals surface area contributed by atoms with Crippen LogP contribution in [0.15, 0.2) is 0 Å². The molecule has 0 amide bonds. The van der Waals surface area contributed by atoms with Crippen LogP contribution in [0.4, 0.5) is 4.39 Å². The number of ether oxygens (including phenoxy) is 1. The minimum absolute atomic E-state index is 0.0793. The van der Waals surface area contributed by atoms with Crippen molar-refractivity contribution in [3.05, 3.63) is 0 Å². The fourth-order valence-electron chi connectivity index (χ4n) is 9.60. The fourth-order valence-corrected chi connectivity index (χ4v) is 9.60. The van der Waals surface area contributed by atoms with Gasteiger partial charge in [-0.2, -0.15) is 0 Å². The first kappa shape index (κ1) is 24.4. The molecule has 4 fully saturated rings. The highest BCUT2D eigenvalue weighted by molar-refractivity contribution is 5.69. The summed E-state index contributed by atoms with van der Waals surface area (Å²) in [6.07, 6.45) is 5.35. The number of esters is 1. The normalized spacial score (nSPS) is 51.3. The van der Waals surface area contributed by atoms with Crippen LogP contribution in [0.25, 0.3) is 0 Å². The molecule has 184 valence electrons. The van der Waals surface area contributed by atoms with Crippen LogP contribution in [-0.2, 0) is 9.53 Å². The van der Waals surface area contributed by atoms with Gasteiger partial charge in [-0.05, 0) is 91.3 Å². The minimum Gasteiger partial charge on any atom is -0.469 e. The van der Waals surface area contributed by atoms with Crippen molar-refractivity contribution in [1.82, 2.24) is 0 Å². The molecule has 4 rings (SSSR count). The molecule has 0 saturated heterocycles. The zero-order chi connectivity index (χ0) is 23.4. The number of methoxy groups -OCH3 is 1. The molecule has 0 spiro atoms. The Labute approximate surface area is 193 Å². The van der Waals surface area contributed by atoms with E-state index in [0.717, 1.165) is 44.9 Å². The standard InChI is InChI=1S/C27H45FO4/c1-6-16-23-24(28)20(29)12-14-27(23,4)19-11-13-26(3)17(15(2)7-10-21(30)32-5)8-9-18(26)22(19)25(16)31/h15-20,22-25,29,31H,6-14H2,1-5H3/t15-,16-,17?,18?,19?,20?,22?,23-,24+,25-,26-,27-/m1/s1. The lowest BCUT2D eigenvalue weighted by atomic mass is 9.41. The van der Waals surface area contributed by atoms with Gasteiger partial charge in [-0.15, -0.1) is 0 Å². The lowest BCUT2D eigenvalue weighted by molar-refractivity contribution is -0.222. The lowest BCUT2D eigenvalue weighted by Crippen LogP contribution is -2.65. The number of carbonyl (C=O) groups is 1. The third-order valence-corrected chi connectivity index (χ3v) is 11.2. The number of rotatable bonds is 5. The van der Waals surface area contributed by atoms with Gasteiger partial charge in [0.25, 0.3) is 0 Å². The summed E-state index contributed by atoms with van der Waals surface area (Å²) in [4.78, 5) is 11.7. The highest BCUT2D eigenvalue weighted by Crippen LogP contribution is 2.69. The van der Waals surface area contributed by atoms with Crippen molar-refractivity contribution in [2.75, 3.05) is 7.11 Å². The van der Waals surface area contributed by atoms with E-state index >= 15 is 4.39 Å². The van der Waals surface area contributed by atoms with Gasteiger partial charge in [0.2, 0.25) is 0 Å². The van der Waals surface area contributed by atoms with Gasteiger partial charge in [-0.25, -0.2) is 4.39 Å².